The third kappa shape index (κ3) is 2.42. The minimum atomic E-state index is -0.628. The van der Waals surface area contributed by atoms with Gasteiger partial charge < -0.3 is 5.73 Å². The SMILES string of the molecule is CCn1nc(C)cc1-c1n[nH]c(-c2nc(C(N)=O)n3cc(C)ncc23)n1. The lowest BCUT2D eigenvalue weighted by Gasteiger charge is -1.99. The molecule has 132 valence electrons. The molecular formula is C16H17N9O. The number of aryl methyl sites for hydroxylation is 3. The van der Waals surface area contributed by atoms with E-state index in [-0.39, 0.29) is 5.82 Å². The van der Waals surface area contributed by atoms with Crippen LogP contribution in [0.1, 0.15) is 28.9 Å². The van der Waals surface area contributed by atoms with Crippen LogP contribution in [0.25, 0.3) is 28.6 Å². The van der Waals surface area contributed by atoms with Crippen molar-refractivity contribution in [2.24, 2.45) is 5.73 Å². The van der Waals surface area contributed by atoms with Crippen molar-refractivity contribution in [1.29, 1.82) is 0 Å². The Labute approximate surface area is 148 Å². The van der Waals surface area contributed by atoms with E-state index >= 15 is 0 Å². The van der Waals surface area contributed by atoms with Crippen LogP contribution in [0, 0.1) is 13.8 Å². The number of nitrogens with zero attached hydrogens (tertiary/aromatic N) is 7. The first kappa shape index (κ1) is 15.9. The van der Waals surface area contributed by atoms with E-state index in [2.05, 4.69) is 30.2 Å². The highest BCUT2D eigenvalue weighted by molar-refractivity contribution is 5.92. The van der Waals surface area contributed by atoms with Gasteiger partial charge in [0, 0.05) is 12.7 Å². The molecule has 0 aliphatic rings. The zero-order valence-corrected chi connectivity index (χ0v) is 14.6. The van der Waals surface area contributed by atoms with Gasteiger partial charge in [0.1, 0.15) is 11.4 Å². The number of amides is 1. The summed E-state index contributed by atoms with van der Waals surface area (Å²) in [6.07, 6.45) is 3.34. The van der Waals surface area contributed by atoms with Crippen molar-refractivity contribution in [2.75, 3.05) is 0 Å². The number of carbonyl (C=O) groups is 1. The molecule has 0 saturated heterocycles. The molecule has 4 aromatic heterocycles. The van der Waals surface area contributed by atoms with E-state index in [0.717, 1.165) is 17.1 Å². The van der Waals surface area contributed by atoms with Gasteiger partial charge >= 0.3 is 0 Å². The molecule has 4 aromatic rings. The van der Waals surface area contributed by atoms with E-state index in [4.69, 9.17) is 5.73 Å². The number of aromatic amines is 1. The predicted octanol–water partition coefficient (Wildman–Crippen LogP) is 1.11. The molecule has 0 aliphatic carbocycles. The number of nitrogens with two attached hydrogens (primary N) is 1. The Bertz CT molecular complexity index is 1130. The molecule has 0 spiro atoms. The van der Waals surface area contributed by atoms with E-state index in [1.54, 1.807) is 16.8 Å². The molecule has 0 atom stereocenters. The number of rotatable bonds is 4. The smallest absolute Gasteiger partial charge is 0.285 e. The van der Waals surface area contributed by atoms with Crippen LogP contribution in [0.2, 0.25) is 0 Å². The van der Waals surface area contributed by atoms with Gasteiger partial charge in [0.05, 0.1) is 23.1 Å². The van der Waals surface area contributed by atoms with Crippen LogP contribution in [-0.2, 0) is 6.54 Å². The van der Waals surface area contributed by atoms with Gasteiger partial charge in [0.15, 0.2) is 11.6 Å². The molecule has 3 N–H and O–H groups in total. The van der Waals surface area contributed by atoms with E-state index in [9.17, 15) is 4.79 Å². The second-order valence-corrected chi connectivity index (χ2v) is 5.93. The van der Waals surface area contributed by atoms with Crippen LogP contribution < -0.4 is 5.73 Å². The van der Waals surface area contributed by atoms with Crippen LogP contribution in [0.4, 0.5) is 0 Å². The molecule has 10 heteroatoms. The Balaban J connectivity index is 1.87. The number of aromatic nitrogens is 8. The van der Waals surface area contributed by atoms with Gasteiger partial charge in [-0.25, -0.2) is 9.97 Å². The highest BCUT2D eigenvalue weighted by Crippen LogP contribution is 2.24. The number of hydrogen-bond donors (Lipinski definition) is 2. The number of fused-ring (bicyclic) bond motifs is 1. The molecule has 0 aromatic carbocycles. The fourth-order valence-corrected chi connectivity index (χ4v) is 2.88. The molecule has 0 unspecified atom stereocenters. The first-order valence-corrected chi connectivity index (χ1v) is 8.10. The summed E-state index contributed by atoms with van der Waals surface area (Å²) in [5.74, 6) is 0.422. The summed E-state index contributed by atoms with van der Waals surface area (Å²) in [6, 6.07) is 1.92. The number of carbonyl (C=O) groups excluding carboxylic acids is 1. The van der Waals surface area contributed by atoms with Gasteiger partial charge in [-0.15, -0.1) is 0 Å². The summed E-state index contributed by atoms with van der Waals surface area (Å²) in [5.41, 5.74) is 8.97. The normalized spacial score (nSPS) is 11.3. The molecule has 4 rings (SSSR count). The van der Waals surface area contributed by atoms with E-state index < -0.39 is 5.91 Å². The minimum absolute atomic E-state index is 0.118. The van der Waals surface area contributed by atoms with Gasteiger partial charge in [0.2, 0.25) is 5.82 Å². The first-order chi connectivity index (χ1) is 12.5. The van der Waals surface area contributed by atoms with Crippen molar-refractivity contribution in [2.45, 2.75) is 27.3 Å². The van der Waals surface area contributed by atoms with Crippen molar-refractivity contribution in [1.82, 2.24) is 39.3 Å². The largest absolute Gasteiger partial charge is 0.363 e. The summed E-state index contributed by atoms with van der Waals surface area (Å²) in [5, 5.41) is 11.6. The highest BCUT2D eigenvalue weighted by atomic mass is 16.1. The molecule has 0 saturated carbocycles. The number of H-pyrrole nitrogens is 1. The van der Waals surface area contributed by atoms with Gasteiger partial charge in [0.25, 0.3) is 5.91 Å². The zero-order chi connectivity index (χ0) is 18.4. The topological polar surface area (TPSA) is 133 Å². The maximum Gasteiger partial charge on any atom is 0.285 e. The monoisotopic (exact) mass is 351 g/mol. The third-order valence-corrected chi connectivity index (χ3v) is 4.02. The number of nitrogens with one attached hydrogen (secondary N) is 1. The van der Waals surface area contributed by atoms with Crippen LogP contribution in [0.5, 0.6) is 0 Å². The van der Waals surface area contributed by atoms with Crippen LogP contribution in [0.3, 0.4) is 0 Å². The average Bonchev–Trinajstić information content (AvgIpc) is 3.29. The fraction of sp³-hybridized carbons (Fsp3) is 0.250. The molecule has 0 bridgehead atoms. The lowest BCUT2D eigenvalue weighted by atomic mass is 10.3. The zero-order valence-electron chi connectivity index (χ0n) is 14.6. The van der Waals surface area contributed by atoms with Crippen molar-refractivity contribution in [3.63, 3.8) is 0 Å². The van der Waals surface area contributed by atoms with Crippen molar-refractivity contribution in [3.05, 3.63) is 35.7 Å². The Morgan fingerprint density at radius 3 is 2.81 bits per heavy atom. The van der Waals surface area contributed by atoms with Crippen LogP contribution in [0.15, 0.2) is 18.5 Å². The lowest BCUT2D eigenvalue weighted by Crippen LogP contribution is -2.15. The summed E-state index contributed by atoms with van der Waals surface area (Å²) in [7, 11) is 0. The standard InChI is InChI=1S/C16H17N9O/c1-4-25-10(5-8(2)23-25)14-20-15(22-21-14)12-11-6-18-9(3)7-24(11)16(19-12)13(17)26/h5-7H,4H2,1-3H3,(H2,17,26)(H,20,21,22). The second-order valence-electron chi connectivity index (χ2n) is 5.93. The van der Waals surface area contributed by atoms with Crippen LogP contribution in [-0.4, -0.2) is 45.2 Å². The summed E-state index contributed by atoms with van der Waals surface area (Å²) >= 11 is 0. The molecule has 4 heterocycles. The van der Waals surface area contributed by atoms with Gasteiger partial charge in [-0.05, 0) is 26.8 Å². The quantitative estimate of drug-likeness (QED) is 0.566. The van der Waals surface area contributed by atoms with Gasteiger partial charge in [-0.1, -0.05) is 0 Å². The van der Waals surface area contributed by atoms with Crippen molar-refractivity contribution in [3.8, 4) is 23.0 Å². The maximum atomic E-state index is 11.7. The van der Waals surface area contributed by atoms with E-state index in [1.807, 2.05) is 31.5 Å². The summed E-state index contributed by atoms with van der Waals surface area (Å²) in [6.45, 7) is 6.44. The maximum absolute atomic E-state index is 11.7. The minimum Gasteiger partial charge on any atom is -0.363 e. The fourth-order valence-electron chi connectivity index (χ4n) is 2.88. The first-order valence-electron chi connectivity index (χ1n) is 8.10. The van der Waals surface area contributed by atoms with Crippen LogP contribution >= 0.6 is 0 Å². The van der Waals surface area contributed by atoms with Gasteiger partial charge in [-0.3, -0.25) is 24.0 Å². The molecule has 0 fully saturated rings. The van der Waals surface area contributed by atoms with E-state index in [1.165, 1.54) is 0 Å². The number of hydrogen-bond acceptors (Lipinski definition) is 6. The van der Waals surface area contributed by atoms with E-state index in [0.29, 0.717) is 29.4 Å². The van der Waals surface area contributed by atoms with Crippen molar-refractivity contribution < 1.29 is 4.79 Å². The Kier molecular flexibility index (Phi) is 3.53. The predicted molar refractivity (Wildman–Crippen MR) is 93.3 cm³/mol. The number of imidazole rings is 1. The summed E-state index contributed by atoms with van der Waals surface area (Å²) in [4.78, 5) is 24.9. The Morgan fingerprint density at radius 2 is 2.08 bits per heavy atom. The average molecular weight is 351 g/mol. The Hall–Kier alpha value is -3.56. The molecular weight excluding hydrogens is 334 g/mol. The number of primary amides is 1. The van der Waals surface area contributed by atoms with Gasteiger partial charge in [-0.2, -0.15) is 10.2 Å². The third-order valence-electron chi connectivity index (χ3n) is 4.02. The Morgan fingerprint density at radius 1 is 1.27 bits per heavy atom. The summed E-state index contributed by atoms with van der Waals surface area (Å²) < 4.78 is 3.44. The van der Waals surface area contributed by atoms with Crippen molar-refractivity contribution >= 4 is 11.4 Å². The molecule has 26 heavy (non-hydrogen) atoms. The molecule has 0 radical (unpaired) electrons. The molecule has 10 nitrogen and oxygen atoms in total. The molecule has 1 amide bonds. The second kappa shape index (κ2) is 5.76. The molecule has 0 aliphatic heterocycles. The highest BCUT2D eigenvalue weighted by Gasteiger charge is 2.20. The lowest BCUT2D eigenvalue weighted by molar-refractivity contribution is 0.0990.